The van der Waals surface area contributed by atoms with E-state index in [2.05, 4.69) is 21.2 Å². The van der Waals surface area contributed by atoms with Crippen LogP contribution >= 0.6 is 62.7 Å². The summed E-state index contributed by atoms with van der Waals surface area (Å²) in [6, 6.07) is 11.8. The number of nitro groups is 1. The van der Waals surface area contributed by atoms with E-state index in [1.807, 2.05) is 5.38 Å². The fraction of sp³-hybridized carbons (Fsp3) is 0. The predicted octanol–water partition coefficient (Wildman–Crippen LogP) is 7.24. The van der Waals surface area contributed by atoms with Gasteiger partial charge in [-0.15, -0.1) is 11.3 Å². The third-order valence-electron chi connectivity index (χ3n) is 3.47. The van der Waals surface area contributed by atoms with Gasteiger partial charge in [0.2, 0.25) is 0 Å². The number of hydrogen-bond donors (Lipinski definition) is 1. The van der Waals surface area contributed by atoms with E-state index < -0.39 is 4.92 Å². The van der Waals surface area contributed by atoms with Gasteiger partial charge in [-0.05, 0) is 41.8 Å². The van der Waals surface area contributed by atoms with E-state index in [4.69, 9.17) is 35.4 Å². The smallest absolute Gasteiger partial charge is 0.293 e. The first kappa shape index (κ1) is 19.3. The predicted molar refractivity (Wildman–Crippen MR) is 116 cm³/mol. The molecule has 0 aliphatic rings. The van der Waals surface area contributed by atoms with Crippen molar-refractivity contribution in [1.82, 2.24) is 0 Å². The van der Waals surface area contributed by atoms with Crippen LogP contribution < -0.4 is 5.32 Å². The van der Waals surface area contributed by atoms with Crippen molar-refractivity contribution in [3.63, 3.8) is 0 Å². The van der Waals surface area contributed by atoms with Crippen LogP contribution in [0.3, 0.4) is 0 Å². The molecule has 0 unspecified atom stereocenters. The second-order valence-corrected chi connectivity index (χ2v) is 8.22. The maximum atomic E-state index is 11.2. The van der Waals surface area contributed by atoms with E-state index in [-0.39, 0.29) is 5.69 Å². The Morgan fingerprint density at radius 1 is 1.15 bits per heavy atom. The number of nitrogens with zero attached hydrogens (tertiary/aromatic N) is 1. The van der Waals surface area contributed by atoms with Gasteiger partial charge in [0.1, 0.15) is 5.69 Å². The van der Waals surface area contributed by atoms with Crippen LogP contribution in [-0.4, -0.2) is 9.79 Å². The minimum atomic E-state index is -0.447. The lowest BCUT2D eigenvalue weighted by Gasteiger charge is -2.11. The average molecular weight is 488 g/mol. The van der Waals surface area contributed by atoms with E-state index in [9.17, 15) is 10.1 Å². The Balaban J connectivity index is 1.91. The lowest BCUT2D eigenvalue weighted by molar-refractivity contribution is -0.384. The van der Waals surface area contributed by atoms with Gasteiger partial charge in [-0.25, -0.2) is 0 Å². The van der Waals surface area contributed by atoms with Crippen LogP contribution in [0.5, 0.6) is 0 Å². The van der Waals surface area contributed by atoms with Crippen molar-refractivity contribution in [2.45, 2.75) is 0 Å². The molecule has 2 aromatic carbocycles. The summed E-state index contributed by atoms with van der Waals surface area (Å²) in [4.78, 5) is 12.1. The van der Waals surface area contributed by atoms with E-state index in [1.54, 1.807) is 36.4 Å². The molecule has 3 aromatic rings. The SMILES string of the molecule is O=[N+]([O-])c1cc(Br)ccc1Nc1ccc(C(=S)c2sccc2Cl)c(Cl)c1. The molecular formula is C17H9BrCl2N2O2S2. The number of nitrogens with one attached hydrogen (secondary N) is 1. The van der Waals surface area contributed by atoms with Crippen LogP contribution in [0.4, 0.5) is 17.1 Å². The molecule has 0 bridgehead atoms. The standard InChI is InChI=1S/C17H9BrCl2N2O2S2/c18-9-1-4-14(15(7-9)22(23)24)21-10-2-3-11(13(20)8-10)16(25)17-12(19)5-6-26-17/h1-8,21H. The molecule has 9 heteroatoms. The maximum absolute atomic E-state index is 11.2. The fourth-order valence-corrected chi connectivity index (χ4v) is 4.54. The quantitative estimate of drug-likeness (QED) is 0.178. The molecule has 132 valence electrons. The second-order valence-electron chi connectivity index (χ2n) is 5.16. The molecule has 0 aliphatic heterocycles. The van der Waals surface area contributed by atoms with Gasteiger partial charge < -0.3 is 5.32 Å². The van der Waals surface area contributed by atoms with Gasteiger partial charge in [0, 0.05) is 21.8 Å². The van der Waals surface area contributed by atoms with Crippen molar-refractivity contribution in [1.29, 1.82) is 0 Å². The average Bonchev–Trinajstić information content (AvgIpc) is 3.02. The third kappa shape index (κ3) is 4.07. The molecule has 0 saturated heterocycles. The normalized spacial score (nSPS) is 10.6. The molecule has 1 N–H and O–H groups in total. The molecule has 1 heterocycles. The summed E-state index contributed by atoms with van der Waals surface area (Å²) in [5.74, 6) is 0. The van der Waals surface area contributed by atoms with Gasteiger partial charge in [0.05, 0.1) is 24.7 Å². The van der Waals surface area contributed by atoms with Gasteiger partial charge in [0.15, 0.2) is 0 Å². The molecule has 0 saturated carbocycles. The van der Waals surface area contributed by atoms with E-state index in [1.165, 1.54) is 17.4 Å². The highest BCUT2D eigenvalue weighted by Crippen LogP contribution is 2.33. The number of thiophene rings is 1. The Bertz CT molecular complexity index is 1020. The van der Waals surface area contributed by atoms with E-state index in [0.29, 0.717) is 36.3 Å². The fourth-order valence-electron chi connectivity index (χ4n) is 2.27. The highest BCUT2D eigenvalue weighted by Gasteiger charge is 2.16. The number of hydrogen-bond acceptors (Lipinski definition) is 5. The zero-order valence-corrected chi connectivity index (χ0v) is 17.6. The molecular weight excluding hydrogens is 479 g/mol. The number of halogens is 3. The Kier molecular flexibility index (Phi) is 5.94. The van der Waals surface area contributed by atoms with Gasteiger partial charge in [-0.3, -0.25) is 10.1 Å². The first-order valence-electron chi connectivity index (χ1n) is 7.15. The third-order valence-corrected chi connectivity index (χ3v) is 6.19. The number of rotatable bonds is 5. The molecule has 0 spiro atoms. The first-order valence-corrected chi connectivity index (χ1v) is 9.98. The first-order chi connectivity index (χ1) is 12.4. The molecule has 26 heavy (non-hydrogen) atoms. The van der Waals surface area contributed by atoms with E-state index >= 15 is 0 Å². The molecule has 0 atom stereocenters. The minimum absolute atomic E-state index is 0.0412. The molecule has 0 aliphatic carbocycles. The lowest BCUT2D eigenvalue weighted by atomic mass is 10.1. The lowest BCUT2D eigenvalue weighted by Crippen LogP contribution is -2.01. The molecule has 0 fully saturated rings. The summed E-state index contributed by atoms with van der Waals surface area (Å²) in [5.41, 5.74) is 1.62. The van der Waals surface area contributed by atoms with Crippen LogP contribution in [0.25, 0.3) is 0 Å². The van der Waals surface area contributed by atoms with Crippen molar-refractivity contribution in [3.05, 3.63) is 82.9 Å². The summed E-state index contributed by atoms with van der Waals surface area (Å²) in [6.45, 7) is 0. The Hall–Kier alpha value is -1.51. The molecule has 4 nitrogen and oxygen atoms in total. The summed E-state index contributed by atoms with van der Waals surface area (Å²) < 4.78 is 0.626. The van der Waals surface area contributed by atoms with E-state index in [0.717, 1.165) is 4.88 Å². The second kappa shape index (κ2) is 8.02. The Labute approximate surface area is 177 Å². The summed E-state index contributed by atoms with van der Waals surface area (Å²) >= 11 is 22.7. The molecule has 0 radical (unpaired) electrons. The van der Waals surface area contributed by atoms with Gasteiger partial charge in [0.25, 0.3) is 5.69 Å². The summed E-state index contributed by atoms with van der Waals surface area (Å²) in [6.07, 6.45) is 0. The monoisotopic (exact) mass is 486 g/mol. The zero-order chi connectivity index (χ0) is 18.8. The van der Waals surface area contributed by atoms with Crippen molar-refractivity contribution in [2.75, 3.05) is 5.32 Å². The molecule has 0 amide bonds. The number of thiocarbonyl (C=S) groups is 1. The van der Waals surface area contributed by atoms with Crippen LogP contribution in [0, 0.1) is 10.1 Å². The Morgan fingerprint density at radius 2 is 1.92 bits per heavy atom. The Morgan fingerprint density at radius 3 is 2.54 bits per heavy atom. The highest BCUT2D eigenvalue weighted by molar-refractivity contribution is 9.10. The van der Waals surface area contributed by atoms with Crippen LogP contribution in [0.15, 0.2) is 52.3 Å². The van der Waals surface area contributed by atoms with Gasteiger partial charge >= 0.3 is 0 Å². The van der Waals surface area contributed by atoms with Gasteiger partial charge in [-0.1, -0.05) is 51.3 Å². The van der Waals surface area contributed by atoms with Crippen molar-refractivity contribution >= 4 is 84.6 Å². The topological polar surface area (TPSA) is 55.2 Å². The van der Waals surface area contributed by atoms with Crippen molar-refractivity contribution in [2.24, 2.45) is 0 Å². The minimum Gasteiger partial charge on any atom is -0.350 e. The van der Waals surface area contributed by atoms with Crippen LogP contribution in [0.2, 0.25) is 10.0 Å². The number of benzene rings is 2. The zero-order valence-electron chi connectivity index (χ0n) is 12.8. The number of anilines is 2. The molecule has 3 rings (SSSR count). The number of nitro benzene ring substituents is 1. The summed E-state index contributed by atoms with van der Waals surface area (Å²) in [5, 5.41) is 17.1. The highest BCUT2D eigenvalue weighted by atomic mass is 79.9. The van der Waals surface area contributed by atoms with Gasteiger partial charge in [-0.2, -0.15) is 0 Å². The summed E-state index contributed by atoms with van der Waals surface area (Å²) in [7, 11) is 0. The largest absolute Gasteiger partial charge is 0.350 e. The molecule has 1 aromatic heterocycles. The van der Waals surface area contributed by atoms with Crippen LogP contribution in [0.1, 0.15) is 10.4 Å². The van der Waals surface area contributed by atoms with Crippen molar-refractivity contribution in [3.8, 4) is 0 Å². The van der Waals surface area contributed by atoms with Crippen LogP contribution in [-0.2, 0) is 0 Å². The van der Waals surface area contributed by atoms with Crippen molar-refractivity contribution < 1.29 is 4.92 Å². The maximum Gasteiger partial charge on any atom is 0.293 e.